The van der Waals surface area contributed by atoms with E-state index in [1.807, 2.05) is 6.92 Å². The fourth-order valence-corrected chi connectivity index (χ4v) is 1.89. The van der Waals surface area contributed by atoms with Gasteiger partial charge in [0.05, 0.1) is 0 Å². The van der Waals surface area contributed by atoms with E-state index in [-0.39, 0.29) is 0 Å². The van der Waals surface area contributed by atoms with Crippen LogP contribution in [0.5, 0.6) is 0 Å². The van der Waals surface area contributed by atoms with Crippen LogP contribution in [0, 0.1) is 4.77 Å². The molecule has 2 aromatic rings. The highest BCUT2D eigenvalue weighted by molar-refractivity contribution is 7.71. The van der Waals surface area contributed by atoms with E-state index in [1.54, 1.807) is 11.6 Å². The number of aromatic nitrogens is 4. The standard InChI is InChI=1S/C8H10N4O2S/c1-3-12-4-5(9-8(12)15)11(2)7(14)10-6(4)13/h3H2,1-2H3,(H,9,15)(H,10,13,14). The summed E-state index contributed by atoms with van der Waals surface area (Å²) in [6.45, 7) is 2.47. The summed E-state index contributed by atoms with van der Waals surface area (Å²) >= 11 is 5.05. The maximum Gasteiger partial charge on any atom is 0.329 e. The van der Waals surface area contributed by atoms with E-state index in [2.05, 4.69) is 9.97 Å². The molecule has 0 fully saturated rings. The molecule has 7 heteroatoms. The van der Waals surface area contributed by atoms with Crippen molar-refractivity contribution in [3.8, 4) is 0 Å². The second-order valence-electron chi connectivity index (χ2n) is 3.19. The maximum absolute atomic E-state index is 11.6. The van der Waals surface area contributed by atoms with E-state index >= 15 is 0 Å². The molecule has 15 heavy (non-hydrogen) atoms. The Labute approximate surface area is 89.2 Å². The fraction of sp³-hybridized carbons (Fsp3) is 0.375. The van der Waals surface area contributed by atoms with Crippen LogP contribution in [-0.4, -0.2) is 19.1 Å². The highest BCUT2D eigenvalue weighted by atomic mass is 32.1. The van der Waals surface area contributed by atoms with Crippen molar-refractivity contribution < 1.29 is 0 Å². The van der Waals surface area contributed by atoms with Crippen LogP contribution in [0.3, 0.4) is 0 Å². The fourth-order valence-electron chi connectivity index (χ4n) is 1.57. The predicted molar refractivity (Wildman–Crippen MR) is 58.7 cm³/mol. The van der Waals surface area contributed by atoms with Crippen molar-refractivity contribution >= 4 is 23.4 Å². The Bertz CT molecular complexity index is 687. The normalized spacial score (nSPS) is 11.1. The average Bonchev–Trinajstić information content (AvgIpc) is 2.52. The maximum atomic E-state index is 11.6. The summed E-state index contributed by atoms with van der Waals surface area (Å²) < 4.78 is 3.43. The van der Waals surface area contributed by atoms with Crippen molar-refractivity contribution in [3.63, 3.8) is 0 Å². The lowest BCUT2D eigenvalue weighted by atomic mass is 10.5. The first-order valence-electron chi connectivity index (χ1n) is 4.48. The number of aryl methyl sites for hydroxylation is 2. The van der Waals surface area contributed by atoms with Crippen molar-refractivity contribution in [2.75, 3.05) is 0 Å². The Kier molecular flexibility index (Phi) is 2.11. The van der Waals surface area contributed by atoms with E-state index in [4.69, 9.17) is 12.2 Å². The largest absolute Gasteiger partial charge is 0.329 e. The van der Waals surface area contributed by atoms with Crippen molar-refractivity contribution in [1.29, 1.82) is 0 Å². The number of hydrogen-bond donors (Lipinski definition) is 2. The van der Waals surface area contributed by atoms with Gasteiger partial charge in [0.25, 0.3) is 5.56 Å². The lowest BCUT2D eigenvalue weighted by Crippen LogP contribution is -2.29. The van der Waals surface area contributed by atoms with Crippen LogP contribution < -0.4 is 11.2 Å². The van der Waals surface area contributed by atoms with Crippen LogP contribution in [0.15, 0.2) is 9.59 Å². The average molecular weight is 226 g/mol. The molecule has 2 aromatic heterocycles. The molecule has 2 heterocycles. The number of rotatable bonds is 1. The molecule has 2 N–H and O–H groups in total. The molecule has 6 nitrogen and oxygen atoms in total. The lowest BCUT2D eigenvalue weighted by molar-refractivity contribution is 0.767. The second-order valence-corrected chi connectivity index (χ2v) is 3.58. The van der Waals surface area contributed by atoms with Crippen LogP contribution in [0.4, 0.5) is 0 Å². The number of fused-ring (bicyclic) bond motifs is 1. The first kappa shape index (κ1) is 9.91. The Balaban J connectivity index is 3.17. The van der Waals surface area contributed by atoms with Crippen molar-refractivity contribution in [3.05, 3.63) is 25.6 Å². The van der Waals surface area contributed by atoms with E-state index in [0.717, 1.165) is 0 Å². The molecule has 0 saturated heterocycles. The minimum atomic E-state index is -0.452. The van der Waals surface area contributed by atoms with E-state index in [1.165, 1.54) is 4.57 Å². The van der Waals surface area contributed by atoms with Gasteiger partial charge in [-0.2, -0.15) is 0 Å². The third-order valence-corrected chi connectivity index (χ3v) is 2.68. The predicted octanol–water partition coefficient (Wildman–Crippen LogP) is 0.106. The van der Waals surface area contributed by atoms with Gasteiger partial charge in [0.1, 0.15) is 5.65 Å². The van der Waals surface area contributed by atoms with Crippen LogP contribution in [0.25, 0.3) is 11.2 Å². The number of hydrogen-bond acceptors (Lipinski definition) is 3. The highest BCUT2D eigenvalue weighted by Gasteiger charge is 2.10. The topological polar surface area (TPSA) is 75.6 Å². The monoisotopic (exact) mass is 226 g/mol. The van der Waals surface area contributed by atoms with Gasteiger partial charge in [0.2, 0.25) is 0 Å². The SMILES string of the molecule is CCn1c(=S)[nH]c2c1c(=O)[nH]c(=O)n2C. The number of nitrogens with zero attached hydrogens (tertiary/aromatic N) is 2. The van der Waals surface area contributed by atoms with E-state index < -0.39 is 11.2 Å². The second kappa shape index (κ2) is 3.20. The number of H-pyrrole nitrogens is 2. The van der Waals surface area contributed by atoms with Gasteiger partial charge in [0, 0.05) is 13.6 Å². The summed E-state index contributed by atoms with van der Waals surface area (Å²) in [6.07, 6.45) is 0. The van der Waals surface area contributed by atoms with Gasteiger partial charge < -0.3 is 9.55 Å². The summed E-state index contributed by atoms with van der Waals surface area (Å²) in [7, 11) is 1.58. The summed E-state index contributed by atoms with van der Waals surface area (Å²) in [5.74, 6) is 0. The molecular weight excluding hydrogens is 216 g/mol. The number of imidazole rings is 1. The third kappa shape index (κ3) is 1.27. The minimum Gasteiger partial charge on any atom is -0.316 e. The highest BCUT2D eigenvalue weighted by Crippen LogP contribution is 2.06. The van der Waals surface area contributed by atoms with Gasteiger partial charge >= 0.3 is 5.69 Å². The third-order valence-electron chi connectivity index (χ3n) is 2.36. The van der Waals surface area contributed by atoms with Gasteiger partial charge in [-0.05, 0) is 19.1 Å². The summed E-state index contributed by atoms with van der Waals surface area (Å²) in [6, 6.07) is 0. The molecule has 0 aliphatic heterocycles. The summed E-state index contributed by atoms with van der Waals surface area (Å²) in [4.78, 5) is 28.0. The van der Waals surface area contributed by atoms with Crippen LogP contribution >= 0.6 is 12.2 Å². The first-order valence-corrected chi connectivity index (χ1v) is 4.89. The van der Waals surface area contributed by atoms with Crippen molar-refractivity contribution in [2.24, 2.45) is 7.05 Å². The molecule has 0 aliphatic carbocycles. The Morgan fingerprint density at radius 3 is 2.60 bits per heavy atom. The summed E-state index contributed by atoms with van der Waals surface area (Å²) in [5, 5.41) is 0. The van der Waals surface area contributed by atoms with Gasteiger partial charge in [0.15, 0.2) is 10.3 Å². The lowest BCUT2D eigenvalue weighted by Gasteiger charge is -1.99. The molecule has 0 aliphatic rings. The summed E-state index contributed by atoms with van der Waals surface area (Å²) in [5.41, 5.74) is -0.00509. The molecule has 0 saturated carbocycles. The van der Waals surface area contributed by atoms with Gasteiger partial charge in [-0.25, -0.2) is 4.79 Å². The zero-order valence-electron chi connectivity index (χ0n) is 8.33. The van der Waals surface area contributed by atoms with Crippen LogP contribution in [0.1, 0.15) is 6.92 Å². The van der Waals surface area contributed by atoms with E-state index in [0.29, 0.717) is 22.5 Å². The van der Waals surface area contributed by atoms with Crippen LogP contribution in [0.2, 0.25) is 0 Å². The zero-order chi connectivity index (χ0) is 11.2. The van der Waals surface area contributed by atoms with Crippen LogP contribution in [-0.2, 0) is 13.6 Å². The van der Waals surface area contributed by atoms with E-state index in [9.17, 15) is 9.59 Å². The van der Waals surface area contributed by atoms with Gasteiger partial charge in [-0.3, -0.25) is 14.3 Å². The number of aromatic amines is 2. The first-order chi connectivity index (χ1) is 7.06. The molecule has 0 bridgehead atoms. The molecule has 0 amide bonds. The molecule has 0 aromatic carbocycles. The Hall–Kier alpha value is -1.63. The quantitative estimate of drug-likeness (QED) is 0.677. The molecule has 2 rings (SSSR count). The van der Waals surface area contributed by atoms with Gasteiger partial charge in [-0.1, -0.05) is 0 Å². The molecule has 0 spiro atoms. The van der Waals surface area contributed by atoms with Crippen molar-refractivity contribution in [2.45, 2.75) is 13.5 Å². The number of nitrogens with one attached hydrogen (secondary N) is 2. The molecule has 80 valence electrons. The minimum absolute atomic E-state index is 0.407. The molecule has 0 unspecified atom stereocenters. The molecule has 0 radical (unpaired) electrons. The molecule has 0 atom stereocenters. The van der Waals surface area contributed by atoms with Crippen molar-refractivity contribution in [1.82, 2.24) is 19.1 Å². The molecular formula is C8H10N4O2S. The zero-order valence-corrected chi connectivity index (χ0v) is 9.14. The Morgan fingerprint density at radius 2 is 2.00 bits per heavy atom. The van der Waals surface area contributed by atoms with Gasteiger partial charge in [-0.15, -0.1) is 0 Å². The smallest absolute Gasteiger partial charge is 0.316 e. The Morgan fingerprint density at radius 1 is 1.33 bits per heavy atom.